The molecule has 0 aliphatic carbocycles. The maximum atomic E-state index is 13.7. The number of halogens is 6. The van der Waals surface area contributed by atoms with Gasteiger partial charge in [0.15, 0.2) is 0 Å². The van der Waals surface area contributed by atoms with Crippen LogP contribution in [-0.4, -0.2) is 32.9 Å². The van der Waals surface area contributed by atoms with Crippen molar-refractivity contribution in [1.29, 1.82) is 0 Å². The number of anilines is 2. The highest BCUT2D eigenvalue weighted by Gasteiger charge is 2.34. The third kappa shape index (κ3) is 6.31. The minimum Gasteiger partial charge on any atom is -0.340 e. The number of fused-ring (bicyclic) bond motifs is 2. The first-order chi connectivity index (χ1) is 20.5. The molecule has 0 saturated carbocycles. The largest absolute Gasteiger partial charge is 0.418 e. The summed E-state index contributed by atoms with van der Waals surface area (Å²) < 4.78 is 80.5. The van der Waals surface area contributed by atoms with Gasteiger partial charge in [-0.05, 0) is 66.1 Å². The Morgan fingerprint density at radius 1 is 0.791 bits per heavy atom. The molecule has 0 amide bonds. The molecule has 5 nitrogen and oxygen atoms in total. The van der Waals surface area contributed by atoms with Gasteiger partial charge in [-0.2, -0.15) is 26.3 Å². The van der Waals surface area contributed by atoms with Crippen LogP contribution in [0.3, 0.4) is 0 Å². The Bertz CT molecular complexity index is 1770. The minimum absolute atomic E-state index is 0.221. The van der Waals surface area contributed by atoms with Crippen molar-refractivity contribution >= 4 is 22.4 Å². The Balaban J connectivity index is 1.35. The van der Waals surface area contributed by atoms with Gasteiger partial charge in [0.2, 0.25) is 0 Å². The lowest BCUT2D eigenvalue weighted by molar-refractivity contribution is -0.138. The predicted molar refractivity (Wildman–Crippen MR) is 152 cm³/mol. The molecule has 3 aromatic carbocycles. The van der Waals surface area contributed by atoms with Gasteiger partial charge in [0.25, 0.3) is 0 Å². The standard InChI is InChI=1S/C32H25F6N5/c33-31(34,35)23-8-10-24(11-9-23)40-30-25-12-7-21(29-26(32(36,37)38)6-3-15-39-29)18-27(25)41-28(42-30)14-17-43-16-13-20-4-1-2-5-22(20)19-43/h1-12,15,18H,13-14,16-17,19H2,(H,40,41,42). The zero-order valence-electron chi connectivity index (χ0n) is 22.7. The van der Waals surface area contributed by atoms with E-state index in [4.69, 9.17) is 4.98 Å². The van der Waals surface area contributed by atoms with Crippen molar-refractivity contribution in [2.45, 2.75) is 31.7 Å². The number of hydrogen-bond acceptors (Lipinski definition) is 5. The molecule has 3 heterocycles. The van der Waals surface area contributed by atoms with Gasteiger partial charge in [-0.1, -0.05) is 30.3 Å². The summed E-state index contributed by atoms with van der Waals surface area (Å²) >= 11 is 0. The van der Waals surface area contributed by atoms with Gasteiger partial charge in [0, 0.05) is 48.9 Å². The summed E-state index contributed by atoms with van der Waals surface area (Å²) in [5, 5.41) is 3.59. The molecule has 6 rings (SSSR count). The normalized spacial score (nSPS) is 14.1. The molecule has 0 unspecified atom stereocenters. The van der Waals surface area contributed by atoms with Crippen molar-refractivity contribution in [2.24, 2.45) is 0 Å². The van der Waals surface area contributed by atoms with Crippen molar-refractivity contribution < 1.29 is 26.3 Å². The molecule has 1 aliphatic heterocycles. The highest BCUT2D eigenvalue weighted by Crippen LogP contribution is 2.37. The first-order valence-electron chi connectivity index (χ1n) is 13.6. The summed E-state index contributed by atoms with van der Waals surface area (Å²) in [6.07, 6.45) is -6.39. The number of rotatable bonds is 6. The quantitative estimate of drug-likeness (QED) is 0.202. The monoisotopic (exact) mass is 593 g/mol. The smallest absolute Gasteiger partial charge is 0.340 e. The molecule has 11 heteroatoms. The van der Waals surface area contributed by atoms with Crippen LogP contribution < -0.4 is 5.32 Å². The van der Waals surface area contributed by atoms with E-state index in [1.807, 2.05) is 12.1 Å². The van der Waals surface area contributed by atoms with E-state index in [-0.39, 0.29) is 11.3 Å². The molecule has 0 spiro atoms. The van der Waals surface area contributed by atoms with Crippen molar-refractivity contribution in [2.75, 3.05) is 18.4 Å². The Labute approximate surface area is 243 Å². The second kappa shape index (κ2) is 11.3. The van der Waals surface area contributed by atoms with Crippen LogP contribution in [0.25, 0.3) is 22.2 Å². The van der Waals surface area contributed by atoms with E-state index in [1.54, 1.807) is 6.07 Å². The molecule has 0 radical (unpaired) electrons. The fraction of sp³-hybridized carbons (Fsp3) is 0.219. The maximum absolute atomic E-state index is 13.7. The van der Waals surface area contributed by atoms with Gasteiger partial charge in [0.1, 0.15) is 11.6 Å². The van der Waals surface area contributed by atoms with E-state index in [0.717, 1.165) is 37.7 Å². The van der Waals surface area contributed by atoms with Crippen LogP contribution in [0.15, 0.2) is 85.1 Å². The number of pyridine rings is 1. The van der Waals surface area contributed by atoms with Gasteiger partial charge < -0.3 is 5.32 Å². The summed E-state index contributed by atoms with van der Waals surface area (Å²) in [6, 6.07) is 19.7. The molecule has 220 valence electrons. The van der Waals surface area contributed by atoms with E-state index < -0.39 is 23.5 Å². The number of hydrogen-bond donors (Lipinski definition) is 1. The van der Waals surface area contributed by atoms with Crippen LogP contribution in [0.5, 0.6) is 0 Å². The van der Waals surface area contributed by atoms with Crippen LogP contribution in [0.1, 0.15) is 28.1 Å². The first-order valence-corrected chi connectivity index (χ1v) is 13.6. The lowest BCUT2D eigenvalue weighted by Gasteiger charge is -2.28. The van der Waals surface area contributed by atoms with Crippen LogP contribution >= 0.6 is 0 Å². The van der Waals surface area contributed by atoms with Gasteiger partial charge in [0.05, 0.1) is 22.3 Å². The molecule has 1 N–H and O–H groups in total. The molecule has 0 atom stereocenters. The average Bonchev–Trinajstić information content (AvgIpc) is 2.99. The van der Waals surface area contributed by atoms with Gasteiger partial charge in [-0.15, -0.1) is 0 Å². The third-order valence-electron chi connectivity index (χ3n) is 7.47. The number of nitrogens with one attached hydrogen (secondary N) is 1. The Morgan fingerprint density at radius 3 is 2.30 bits per heavy atom. The topological polar surface area (TPSA) is 53.9 Å². The zero-order chi connectivity index (χ0) is 30.2. The highest BCUT2D eigenvalue weighted by molar-refractivity contribution is 5.93. The lowest BCUT2D eigenvalue weighted by atomic mass is 10.00. The van der Waals surface area contributed by atoms with Crippen molar-refractivity contribution in [3.8, 4) is 11.3 Å². The third-order valence-corrected chi connectivity index (χ3v) is 7.47. The van der Waals surface area contributed by atoms with E-state index in [1.165, 1.54) is 47.7 Å². The number of benzene rings is 3. The average molecular weight is 594 g/mol. The van der Waals surface area contributed by atoms with Crippen molar-refractivity contribution in [3.63, 3.8) is 0 Å². The molecule has 2 aromatic heterocycles. The van der Waals surface area contributed by atoms with Gasteiger partial charge in [-0.25, -0.2) is 9.97 Å². The SMILES string of the molecule is FC(F)(F)c1ccc(Nc2nc(CCN3CCc4ccccc4C3)nc3cc(-c4ncccc4C(F)(F)F)ccc23)cc1. The Morgan fingerprint density at radius 2 is 1.56 bits per heavy atom. The molecule has 0 fully saturated rings. The van der Waals surface area contributed by atoms with Gasteiger partial charge in [-0.3, -0.25) is 9.88 Å². The summed E-state index contributed by atoms with van der Waals surface area (Å²) in [5.41, 5.74) is 1.72. The van der Waals surface area contributed by atoms with Crippen LogP contribution in [0.2, 0.25) is 0 Å². The fourth-order valence-corrected chi connectivity index (χ4v) is 5.28. The highest BCUT2D eigenvalue weighted by atomic mass is 19.4. The maximum Gasteiger partial charge on any atom is 0.418 e. The van der Waals surface area contributed by atoms with Crippen molar-refractivity contribution in [3.05, 3.63) is 113 Å². The Hall–Kier alpha value is -4.51. The van der Waals surface area contributed by atoms with Crippen molar-refractivity contribution in [1.82, 2.24) is 19.9 Å². The number of alkyl halides is 6. The molecular formula is C32H25F6N5. The van der Waals surface area contributed by atoms with E-state index in [9.17, 15) is 26.3 Å². The molecule has 0 bridgehead atoms. The summed E-state index contributed by atoms with van der Waals surface area (Å²) in [7, 11) is 0. The van der Waals surface area contributed by atoms with Crippen LogP contribution in [0.4, 0.5) is 37.8 Å². The minimum atomic E-state index is -4.60. The number of aromatic nitrogens is 3. The number of nitrogens with zero attached hydrogens (tertiary/aromatic N) is 4. The predicted octanol–water partition coefficient (Wildman–Crippen LogP) is 8.07. The van der Waals surface area contributed by atoms with E-state index >= 15 is 0 Å². The molecule has 1 aliphatic rings. The summed E-state index contributed by atoms with van der Waals surface area (Å²) in [4.78, 5) is 15.7. The zero-order valence-corrected chi connectivity index (χ0v) is 22.7. The van der Waals surface area contributed by atoms with Crippen LogP contribution in [0, 0.1) is 0 Å². The molecule has 0 saturated heterocycles. The molecule has 43 heavy (non-hydrogen) atoms. The molecule has 5 aromatic rings. The van der Waals surface area contributed by atoms with Gasteiger partial charge >= 0.3 is 12.4 Å². The molecular weight excluding hydrogens is 568 g/mol. The lowest BCUT2D eigenvalue weighted by Crippen LogP contribution is -2.32. The second-order valence-electron chi connectivity index (χ2n) is 10.4. The van der Waals surface area contributed by atoms with Crippen LogP contribution in [-0.2, 0) is 31.7 Å². The summed E-state index contributed by atoms with van der Waals surface area (Å²) in [6.45, 7) is 2.30. The summed E-state index contributed by atoms with van der Waals surface area (Å²) in [5.74, 6) is 0.794. The Kier molecular flexibility index (Phi) is 7.51. The van der Waals surface area contributed by atoms with E-state index in [0.29, 0.717) is 41.2 Å². The fourth-order valence-electron chi connectivity index (χ4n) is 5.28. The second-order valence-corrected chi connectivity index (χ2v) is 10.4. The first kappa shape index (κ1) is 28.6. The van der Waals surface area contributed by atoms with E-state index in [2.05, 4.69) is 32.3 Å².